The van der Waals surface area contributed by atoms with Crippen molar-refractivity contribution in [2.24, 2.45) is 0 Å². The molecule has 1 saturated carbocycles. The number of unbranched alkanes of at least 4 members (excludes halogenated alkanes) is 1. The van der Waals surface area contributed by atoms with E-state index in [0.717, 1.165) is 87.5 Å². The molecular formula is C108H116Cl15N15O5. The maximum Gasteiger partial charge on any atom is 0.317 e. The molecule has 5 aliphatic heterocycles. The first-order valence-electron chi connectivity index (χ1n) is 47.6. The van der Waals surface area contributed by atoms with E-state index in [4.69, 9.17) is 174 Å². The Kier molecular flexibility index (Phi) is 41.4. The second-order valence-electron chi connectivity index (χ2n) is 37.0. The van der Waals surface area contributed by atoms with E-state index in [1.54, 1.807) is 30.3 Å². The lowest BCUT2D eigenvalue weighted by atomic mass is 10.0. The van der Waals surface area contributed by atoms with E-state index in [0.29, 0.717) is 193 Å². The molecule has 5 unspecified atom stereocenters. The summed E-state index contributed by atoms with van der Waals surface area (Å²) >= 11 is 93.3. The largest absolute Gasteiger partial charge is 0.360 e. The Morgan fingerprint density at radius 3 is 0.839 bits per heavy atom. The smallest absolute Gasteiger partial charge is 0.317 e. The van der Waals surface area contributed by atoms with Gasteiger partial charge < -0.3 is 75.6 Å². The van der Waals surface area contributed by atoms with Crippen LogP contribution in [0.2, 0.25) is 75.3 Å². The van der Waals surface area contributed by atoms with E-state index >= 15 is 0 Å². The number of rotatable bonds is 17. The lowest BCUT2D eigenvalue weighted by Gasteiger charge is -2.44. The third-order valence-electron chi connectivity index (χ3n) is 25.4. The zero-order chi connectivity index (χ0) is 102. The zero-order valence-corrected chi connectivity index (χ0v) is 91.4. The molecular weight excluding hydrogens is 2120 g/mol. The van der Waals surface area contributed by atoms with Crippen LogP contribution in [-0.2, 0) is 6.54 Å². The topological polar surface area (TPSA) is 178 Å². The number of carbonyl (C=O) groups is 5. The molecule has 11 aromatic rings. The molecule has 5 heterocycles. The first-order valence-corrected chi connectivity index (χ1v) is 53.3. The predicted octanol–water partition coefficient (Wildman–Crippen LogP) is 30.2. The van der Waals surface area contributed by atoms with Gasteiger partial charge >= 0.3 is 30.2 Å². The van der Waals surface area contributed by atoms with Crippen molar-refractivity contribution in [1.82, 2.24) is 51.1 Å². The SMILES string of the molecule is CC(C)(C)NC(=O)N1CCN(c2ccc(Cl)cc2Cl)C(c2ccc(Cl)cc2)C1.CC(C)NC(=O)N1CCN(c2ccc(Cl)cc2Cl)C(c2ccc(Cl)cc2)C1.CCCCNC(=O)N1CCN(c2ccc(Cl)cc2Cl)C(c2ccc(Cl)cc2)C1.O=C(NC1CCCC1)N1CCN(c2ccc(Cl)cc2Cl)C(c2ccc(Cl)cc2)C1.O=C(NCc1ccccc1)N1CCN(c2ccc(Cl)cc2Cl)C(c2ccc(Cl)cc2)C1. The van der Waals surface area contributed by atoms with Gasteiger partial charge in [0.25, 0.3) is 0 Å². The molecule has 1 aliphatic carbocycles. The summed E-state index contributed by atoms with van der Waals surface area (Å²) in [5.41, 5.74) is 10.7. The van der Waals surface area contributed by atoms with Gasteiger partial charge in [-0.05, 0) is 239 Å². The van der Waals surface area contributed by atoms with E-state index in [2.05, 4.69) is 58.0 Å². The minimum Gasteiger partial charge on any atom is -0.360 e. The summed E-state index contributed by atoms with van der Waals surface area (Å²) in [5.74, 6) is 0. The fourth-order valence-electron chi connectivity index (χ4n) is 18.1. The number of carbonyl (C=O) groups excluding carboxylic acids is 5. The molecule has 0 bridgehead atoms. The number of amides is 10. The van der Waals surface area contributed by atoms with Crippen LogP contribution in [-0.4, -0.2) is 177 Å². The molecule has 6 fully saturated rings. The van der Waals surface area contributed by atoms with Crippen LogP contribution in [0.5, 0.6) is 0 Å². The molecule has 5 N–H and O–H groups in total. The number of urea groups is 5. The molecule has 20 nitrogen and oxygen atoms in total. The van der Waals surface area contributed by atoms with E-state index in [1.807, 2.05) is 271 Å². The van der Waals surface area contributed by atoms with Crippen LogP contribution in [0.3, 0.4) is 0 Å². The van der Waals surface area contributed by atoms with E-state index in [-0.39, 0.29) is 71.9 Å². The lowest BCUT2D eigenvalue weighted by Crippen LogP contribution is -2.56. The summed E-state index contributed by atoms with van der Waals surface area (Å²) in [7, 11) is 0. The molecule has 5 atom stereocenters. The Labute approximate surface area is 914 Å². The summed E-state index contributed by atoms with van der Waals surface area (Å²) in [6.07, 6.45) is 6.57. The predicted molar refractivity (Wildman–Crippen MR) is 598 cm³/mol. The average Bonchev–Trinajstić information content (AvgIpc) is 1.08. The van der Waals surface area contributed by atoms with Gasteiger partial charge in [0, 0.05) is 179 Å². The Bertz CT molecular complexity index is 6080. The highest BCUT2D eigenvalue weighted by molar-refractivity contribution is 6.39. The quantitative estimate of drug-likeness (QED) is 0.0551. The molecule has 6 aliphatic rings. The Hall–Kier alpha value is -8.88. The van der Waals surface area contributed by atoms with Crippen LogP contribution in [0.25, 0.3) is 0 Å². The molecule has 0 radical (unpaired) electrons. The summed E-state index contributed by atoms with van der Waals surface area (Å²) < 4.78 is 0. The van der Waals surface area contributed by atoms with Crippen molar-refractivity contribution < 1.29 is 24.0 Å². The Morgan fingerprint density at radius 2 is 0.573 bits per heavy atom. The highest BCUT2D eigenvalue weighted by Crippen LogP contribution is 2.45. The van der Waals surface area contributed by atoms with Gasteiger partial charge in [0.05, 0.1) is 83.8 Å². The van der Waals surface area contributed by atoms with Crippen LogP contribution < -0.4 is 51.1 Å². The Morgan fingerprint density at radius 1 is 0.315 bits per heavy atom. The second-order valence-corrected chi connectivity index (χ2v) is 43.4. The van der Waals surface area contributed by atoms with Gasteiger partial charge in [-0.1, -0.05) is 291 Å². The third kappa shape index (κ3) is 31.6. The maximum absolute atomic E-state index is 12.9. The summed E-state index contributed by atoms with van der Waals surface area (Å²) in [5, 5.41) is 24.7. The van der Waals surface area contributed by atoms with E-state index in [9.17, 15) is 24.0 Å². The van der Waals surface area contributed by atoms with Crippen molar-refractivity contribution in [3.63, 3.8) is 0 Å². The van der Waals surface area contributed by atoms with Crippen LogP contribution in [0.1, 0.15) is 144 Å². The molecule has 0 aromatic heterocycles. The Balaban J connectivity index is 0.000000150. The van der Waals surface area contributed by atoms with Crippen LogP contribution in [0.15, 0.2) is 243 Å². The fraction of sp³-hybridized carbons (Fsp3) is 0.343. The number of nitrogens with zero attached hydrogens (tertiary/aromatic N) is 10. The summed E-state index contributed by atoms with van der Waals surface area (Å²) in [6, 6.07) is 76.2. The molecule has 5 saturated heterocycles. The summed E-state index contributed by atoms with van der Waals surface area (Å²) in [4.78, 5) is 84.1. The van der Waals surface area contributed by atoms with Crippen molar-refractivity contribution in [2.45, 2.75) is 134 Å². The number of halogens is 15. The highest BCUT2D eigenvalue weighted by Gasteiger charge is 2.39. The van der Waals surface area contributed by atoms with Crippen molar-refractivity contribution in [1.29, 1.82) is 0 Å². The number of benzene rings is 11. The van der Waals surface area contributed by atoms with Crippen molar-refractivity contribution >= 4 is 233 Å². The third-order valence-corrected chi connectivity index (χ3v) is 29.3. The van der Waals surface area contributed by atoms with Crippen molar-refractivity contribution in [3.05, 3.63) is 351 Å². The van der Waals surface area contributed by atoms with Crippen molar-refractivity contribution in [3.8, 4) is 0 Å². The molecule has 35 heteroatoms. The standard InChI is InChI=1S/C24H22Cl3N3O.C22H24Cl3N3O.2C21H24Cl3N3O.C20H22Cl3N3O/c25-19-8-6-18(7-9-19)23-16-29(24(31)28-15-17-4-2-1-3-5-17)12-13-30(23)22-11-10-20(26)14-21(22)27;23-16-7-5-15(6-8-16)21-14-27(22(29)26-18-3-1-2-4-18)11-12-28(21)20-10-9-17(24)13-19(20)25;1-21(2,3)25-20(28)26-10-11-27(18-9-8-16(23)12-17(18)24)19(13-26)14-4-6-15(22)7-5-14;1-2-3-10-25-21(28)26-11-12-27(19-9-8-17(23)13-18(19)24)20(14-26)15-4-6-16(22)7-5-15;1-13(2)24-20(27)25-9-10-26(18-8-7-16(22)11-17(18)23)19(12-25)14-3-5-15(21)6-4-14/h1-11,14,23H,12-13,15-16H2,(H,28,31);5-10,13,18,21H,1-4,11-12,14H2,(H,26,29);4-9,12,19H,10-11,13H2,1-3H3,(H,25,28);4-9,13,20H,2-3,10-12,14H2,1H3,(H,25,28);3-8,11,13,19H,9-10,12H2,1-2H3,(H,24,27). The first-order chi connectivity index (χ1) is 68.5. The normalized spacial score (nSPS) is 17.7. The number of piperazine rings is 5. The van der Waals surface area contributed by atoms with E-state index in [1.165, 1.54) is 12.8 Å². The van der Waals surface area contributed by atoms with Crippen LogP contribution in [0.4, 0.5) is 52.4 Å². The number of nitrogens with one attached hydrogen (secondary N) is 5. The number of anilines is 5. The van der Waals surface area contributed by atoms with Crippen LogP contribution in [0, 0.1) is 0 Å². The minimum absolute atomic E-state index is 0.0192. The van der Waals surface area contributed by atoms with Gasteiger partial charge in [-0.15, -0.1) is 0 Å². The van der Waals surface area contributed by atoms with Crippen molar-refractivity contribution in [2.75, 3.05) is 129 Å². The molecule has 10 amide bonds. The van der Waals surface area contributed by atoms with Gasteiger partial charge in [0.15, 0.2) is 0 Å². The lowest BCUT2D eigenvalue weighted by molar-refractivity contribution is 0.176. The first kappa shape index (κ1) is 111. The highest BCUT2D eigenvalue weighted by atomic mass is 35.5. The molecule has 0 spiro atoms. The summed E-state index contributed by atoms with van der Waals surface area (Å²) in [6.45, 7) is 22.3. The molecule has 758 valence electrons. The number of hydrogen-bond acceptors (Lipinski definition) is 10. The minimum atomic E-state index is -0.288. The van der Waals surface area contributed by atoms with Gasteiger partial charge in [-0.3, -0.25) is 0 Å². The monoisotopic (exact) mass is 2230 g/mol. The fourth-order valence-corrected chi connectivity index (χ4v) is 21.4. The van der Waals surface area contributed by atoms with Gasteiger partial charge in [0.1, 0.15) is 0 Å². The zero-order valence-electron chi connectivity index (χ0n) is 80.1. The van der Waals surface area contributed by atoms with Gasteiger partial charge in [0.2, 0.25) is 0 Å². The van der Waals surface area contributed by atoms with E-state index < -0.39 is 0 Å². The van der Waals surface area contributed by atoms with Gasteiger partial charge in [-0.2, -0.15) is 0 Å². The van der Waals surface area contributed by atoms with Crippen LogP contribution >= 0.6 is 174 Å². The average molecular weight is 2240 g/mol. The molecule has 11 aromatic carbocycles. The molecule has 17 rings (SSSR count). The maximum atomic E-state index is 12.9. The molecule has 143 heavy (non-hydrogen) atoms. The number of hydrogen-bond donors (Lipinski definition) is 5. The van der Waals surface area contributed by atoms with Gasteiger partial charge in [-0.25, -0.2) is 24.0 Å². The second kappa shape index (κ2) is 53.1.